The van der Waals surface area contributed by atoms with Crippen molar-refractivity contribution >= 4 is 9.84 Å². The molecule has 1 aliphatic heterocycles. The molecule has 0 bridgehead atoms. The second-order valence-corrected chi connectivity index (χ2v) is 8.50. The summed E-state index contributed by atoms with van der Waals surface area (Å²) in [5.41, 5.74) is 6.28. The molecule has 1 aliphatic rings. The molecule has 0 radical (unpaired) electrons. The van der Waals surface area contributed by atoms with Gasteiger partial charge in [0.1, 0.15) is 0 Å². The first kappa shape index (κ1) is 14.0. The van der Waals surface area contributed by atoms with Gasteiger partial charge in [0.2, 0.25) is 0 Å². The highest BCUT2D eigenvalue weighted by molar-refractivity contribution is 7.92. The lowest BCUT2D eigenvalue weighted by atomic mass is 9.88. The first-order chi connectivity index (χ1) is 7.22. The Hall–Kier alpha value is -0.0900. The SMILES string of the molecule is CC(C)(C)CCC(N)C1CCCCS1(=O)=O. The van der Waals surface area contributed by atoms with Crippen LogP contribution in [0.3, 0.4) is 0 Å². The summed E-state index contributed by atoms with van der Waals surface area (Å²) >= 11 is 0. The predicted molar refractivity (Wildman–Crippen MR) is 68.1 cm³/mol. The van der Waals surface area contributed by atoms with Crippen LogP contribution in [0.2, 0.25) is 0 Å². The van der Waals surface area contributed by atoms with Crippen molar-refractivity contribution in [2.75, 3.05) is 5.75 Å². The maximum absolute atomic E-state index is 11.9. The van der Waals surface area contributed by atoms with Gasteiger partial charge in [-0.25, -0.2) is 8.42 Å². The lowest BCUT2D eigenvalue weighted by Crippen LogP contribution is -2.44. The van der Waals surface area contributed by atoms with E-state index in [9.17, 15) is 8.42 Å². The van der Waals surface area contributed by atoms with Crippen LogP contribution in [-0.4, -0.2) is 25.5 Å². The first-order valence-corrected chi connectivity index (χ1v) is 7.91. The zero-order chi connectivity index (χ0) is 12.4. The number of rotatable bonds is 3. The summed E-state index contributed by atoms with van der Waals surface area (Å²) in [5, 5.41) is -0.288. The molecule has 0 spiro atoms. The van der Waals surface area contributed by atoms with E-state index in [0.717, 1.165) is 32.1 Å². The van der Waals surface area contributed by atoms with Crippen LogP contribution in [0.5, 0.6) is 0 Å². The summed E-state index contributed by atoms with van der Waals surface area (Å²) in [6.45, 7) is 6.49. The van der Waals surface area contributed by atoms with E-state index in [1.165, 1.54) is 0 Å². The molecule has 1 heterocycles. The Morgan fingerprint density at radius 1 is 1.31 bits per heavy atom. The maximum Gasteiger partial charge on any atom is 0.154 e. The van der Waals surface area contributed by atoms with Gasteiger partial charge in [0.25, 0.3) is 0 Å². The molecule has 0 aliphatic carbocycles. The van der Waals surface area contributed by atoms with E-state index in [0.29, 0.717) is 5.75 Å². The Balaban J connectivity index is 2.56. The fraction of sp³-hybridized carbons (Fsp3) is 1.00. The van der Waals surface area contributed by atoms with Crippen molar-refractivity contribution in [1.29, 1.82) is 0 Å². The minimum Gasteiger partial charge on any atom is -0.327 e. The van der Waals surface area contributed by atoms with Crippen LogP contribution in [0.15, 0.2) is 0 Å². The molecule has 0 aromatic heterocycles. The smallest absolute Gasteiger partial charge is 0.154 e. The van der Waals surface area contributed by atoms with Gasteiger partial charge in [0.15, 0.2) is 9.84 Å². The van der Waals surface area contributed by atoms with Crippen molar-refractivity contribution in [1.82, 2.24) is 0 Å². The maximum atomic E-state index is 11.9. The molecule has 0 amide bonds. The lowest BCUT2D eigenvalue weighted by Gasteiger charge is -2.29. The summed E-state index contributed by atoms with van der Waals surface area (Å²) in [6, 6.07) is -0.176. The second-order valence-electron chi connectivity index (χ2n) is 6.16. The van der Waals surface area contributed by atoms with Crippen LogP contribution < -0.4 is 5.73 Å². The third-order valence-electron chi connectivity index (χ3n) is 3.33. The van der Waals surface area contributed by atoms with Gasteiger partial charge in [-0.2, -0.15) is 0 Å². The van der Waals surface area contributed by atoms with E-state index >= 15 is 0 Å². The molecule has 2 unspecified atom stereocenters. The van der Waals surface area contributed by atoms with Crippen LogP contribution in [0.25, 0.3) is 0 Å². The van der Waals surface area contributed by atoms with Gasteiger partial charge in [-0.3, -0.25) is 0 Å². The van der Waals surface area contributed by atoms with Gasteiger partial charge in [-0.05, 0) is 31.1 Å². The normalized spacial score (nSPS) is 27.6. The number of hydrogen-bond donors (Lipinski definition) is 1. The highest BCUT2D eigenvalue weighted by Crippen LogP contribution is 2.27. The third kappa shape index (κ3) is 4.06. The Labute approximate surface area is 99.7 Å². The van der Waals surface area contributed by atoms with Crippen LogP contribution in [0.4, 0.5) is 0 Å². The van der Waals surface area contributed by atoms with Crippen molar-refractivity contribution < 1.29 is 8.42 Å². The average Bonchev–Trinajstić information content (AvgIpc) is 2.12. The summed E-state index contributed by atoms with van der Waals surface area (Å²) in [7, 11) is -2.92. The predicted octanol–water partition coefficient (Wildman–Crippen LogP) is 2.11. The van der Waals surface area contributed by atoms with Gasteiger partial charge < -0.3 is 5.73 Å². The standard InChI is InChI=1S/C12H25NO2S/c1-12(2,3)8-7-10(13)11-6-4-5-9-16(11,14)15/h10-11H,4-9,13H2,1-3H3. The molecule has 0 saturated carbocycles. The first-order valence-electron chi connectivity index (χ1n) is 6.19. The lowest BCUT2D eigenvalue weighted by molar-refractivity contribution is 0.339. The minimum absolute atomic E-state index is 0.176. The van der Waals surface area contributed by atoms with Gasteiger partial charge in [0.05, 0.1) is 11.0 Å². The molecule has 1 fully saturated rings. The summed E-state index contributed by atoms with van der Waals surface area (Å²) in [5.74, 6) is 0.334. The highest BCUT2D eigenvalue weighted by Gasteiger charge is 2.33. The Morgan fingerprint density at radius 3 is 2.44 bits per heavy atom. The molecule has 16 heavy (non-hydrogen) atoms. The van der Waals surface area contributed by atoms with Gasteiger partial charge in [0, 0.05) is 6.04 Å². The van der Waals surface area contributed by atoms with Gasteiger partial charge >= 0.3 is 0 Å². The Kier molecular flexibility index (Phi) is 4.41. The second kappa shape index (κ2) is 5.05. The van der Waals surface area contributed by atoms with E-state index in [-0.39, 0.29) is 16.7 Å². The van der Waals surface area contributed by atoms with E-state index < -0.39 is 9.84 Å². The molecule has 1 saturated heterocycles. The van der Waals surface area contributed by atoms with E-state index in [4.69, 9.17) is 5.73 Å². The fourth-order valence-electron chi connectivity index (χ4n) is 2.25. The van der Waals surface area contributed by atoms with Crippen molar-refractivity contribution in [2.45, 2.75) is 64.2 Å². The quantitative estimate of drug-likeness (QED) is 0.831. The molecule has 3 nitrogen and oxygen atoms in total. The molecule has 1 rings (SSSR count). The summed E-state index contributed by atoms with van der Waals surface area (Å²) in [4.78, 5) is 0. The van der Waals surface area contributed by atoms with Gasteiger partial charge in [-0.15, -0.1) is 0 Å². The Bertz CT molecular complexity index is 316. The molecule has 0 aromatic carbocycles. The largest absolute Gasteiger partial charge is 0.327 e. The molecule has 4 heteroatoms. The van der Waals surface area contributed by atoms with Gasteiger partial charge in [-0.1, -0.05) is 27.2 Å². The molecule has 0 aromatic rings. The van der Waals surface area contributed by atoms with Crippen molar-refractivity contribution in [3.8, 4) is 0 Å². The number of hydrogen-bond acceptors (Lipinski definition) is 3. The van der Waals surface area contributed by atoms with Crippen LogP contribution in [-0.2, 0) is 9.84 Å². The average molecular weight is 247 g/mol. The van der Waals surface area contributed by atoms with Crippen LogP contribution in [0.1, 0.15) is 52.9 Å². The number of sulfone groups is 1. The third-order valence-corrected chi connectivity index (χ3v) is 5.70. The van der Waals surface area contributed by atoms with E-state index in [1.807, 2.05) is 0 Å². The van der Waals surface area contributed by atoms with Crippen LogP contribution >= 0.6 is 0 Å². The zero-order valence-electron chi connectivity index (χ0n) is 10.7. The molecular formula is C12H25NO2S. The zero-order valence-corrected chi connectivity index (χ0v) is 11.5. The topological polar surface area (TPSA) is 60.2 Å². The molecule has 2 atom stereocenters. The Morgan fingerprint density at radius 2 is 1.94 bits per heavy atom. The summed E-state index contributed by atoms with van der Waals surface area (Å²) < 4.78 is 23.7. The van der Waals surface area contributed by atoms with Crippen molar-refractivity contribution in [3.05, 3.63) is 0 Å². The fourth-order valence-corrected chi connectivity index (χ4v) is 4.35. The van der Waals surface area contributed by atoms with E-state index in [2.05, 4.69) is 20.8 Å². The van der Waals surface area contributed by atoms with Crippen molar-refractivity contribution in [3.63, 3.8) is 0 Å². The van der Waals surface area contributed by atoms with Crippen molar-refractivity contribution in [2.24, 2.45) is 11.1 Å². The molecule has 2 N–H and O–H groups in total. The molecular weight excluding hydrogens is 222 g/mol. The van der Waals surface area contributed by atoms with Crippen LogP contribution in [0, 0.1) is 5.41 Å². The minimum atomic E-state index is -2.92. The monoisotopic (exact) mass is 247 g/mol. The van der Waals surface area contributed by atoms with E-state index in [1.54, 1.807) is 0 Å². The summed E-state index contributed by atoms with van der Waals surface area (Å²) in [6.07, 6.45) is 4.37. The molecule has 96 valence electrons. The number of nitrogens with two attached hydrogens (primary N) is 1. The highest BCUT2D eigenvalue weighted by atomic mass is 32.2.